The van der Waals surface area contributed by atoms with E-state index in [1.54, 1.807) is 25.0 Å². The van der Waals surface area contributed by atoms with Gasteiger partial charge in [-0.2, -0.15) is 5.10 Å². The van der Waals surface area contributed by atoms with Crippen molar-refractivity contribution in [2.45, 2.75) is 4.90 Å². The Morgan fingerprint density at radius 2 is 2.08 bits per heavy atom. The van der Waals surface area contributed by atoms with Crippen molar-refractivity contribution in [3.8, 4) is 5.75 Å². The van der Waals surface area contributed by atoms with E-state index in [-0.39, 0.29) is 0 Å². The predicted octanol–water partition coefficient (Wildman–Crippen LogP) is 3.94. The molecular weight excluding hydrogens is 362 g/mol. The molecule has 2 aromatic rings. The van der Waals surface area contributed by atoms with Crippen molar-refractivity contribution in [2.24, 2.45) is 5.10 Å². The van der Waals surface area contributed by atoms with Crippen molar-refractivity contribution in [3.63, 3.8) is 0 Å². The molecular formula is C17H18ClN3OS2. The van der Waals surface area contributed by atoms with Crippen LogP contribution < -0.4 is 15.5 Å². The van der Waals surface area contributed by atoms with Crippen LogP contribution in [-0.2, 0) is 0 Å². The lowest BCUT2D eigenvalue weighted by Gasteiger charge is -2.07. The summed E-state index contributed by atoms with van der Waals surface area (Å²) in [5.74, 6) is 1.67. The molecule has 0 aromatic heterocycles. The summed E-state index contributed by atoms with van der Waals surface area (Å²) in [5.41, 5.74) is 3.65. The van der Waals surface area contributed by atoms with E-state index in [1.165, 1.54) is 4.90 Å². The molecule has 0 unspecified atom stereocenters. The number of rotatable bonds is 7. The largest absolute Gasteiger partial charge is 0.493 e. The minimum atomic E-state index is 0.470. The molecule has 24 heavy (non-hydrogen) atoms. The maximum atomic E-state index is 5.87. The fourth-order valence-corrected chi connectivity index (χ4v) is 2.67. The molecule has 2 rings (SSSR count). The summed E-state index contributed by atoms with van der Waals surface area (Å²) in [6.45, 7) is 0.621. The minimum absolute atomic E-state index is 0.470. The second-order valence-corrected chi connectivity index (χ2v) is 6.69. The third-order valence-electron chi connectivity index (χ3n) is 2.90. The summed E-state index contributed by atoms with van der Waals surface area (Å²) >= 11 is 12.5. The van der Waals surface area contributed by atoms with Gasteiger partial charge in [-0.05, 0) is 54.2 Å². The highest BCUT2D eigenvalue weighted by Crippen LogP contribution is 2.20. The Morgan fingerprint density at radius 1 is 1.29 bits per heavy atom. The van der Waals surface area contributed by atoms with E-state index >= 15 is 0 Å². The van der Waals surface area contributed by atoms with Gasteiger partial charge in [-0.25, -0.2) is 0 Å². The van der Waals surface area contributed by atoms with Crippen molar-refractivity contribution >= 4 is 46.9 Å². The van der Waals surface area contributed by atoms with E-state index in [9.17, 15) is 0 Å². The van der Waals surface area contributed by atoms with Gasteiger partial charge in [-0.3, -0.25) is 5.43 Å². The Kier molecular flexibility index (Phi) is 7.88. The van der Waals surface area contributed by atoms with E-state index in [4.69, 9.17) is 28.6 Å². The van der Waals surface area contributed by atoms with Crippen LogP contribution in [-0.4, -0.2) is 30.7 Å². The number of hydrogen-bond acceptors (Lipinski definition) is 4. The molecule has 0 aliphatic carbocycles. The molecule has 0 radical (unpaired) electrons. The lowest BCUT2D eigenvalue weighted by molar-refractivity contribution is 0.344. The van der Waals surface area contributed by atoms with Gasteiger partial charge in [0.05, 0.1) is 12.8 Å². The Balaban J connectivity index is 1.77. The molecule has 0 saturated carbocycles. The lowest BCUT2D eigenvalue weighted by atomic mass is 10.2. The van der Waals surface area contributed by atoms with Crippen LogP contribution in [0, 0.1) is 0 Å². The zero-order valence-electron chi connectivity index (χ0n) is 13.2. The van der Waals surface area contributed by atoms with Crippen molar-refractivity contribution < 1.29 is 4.74 Å². The molecule has 0 spiro atoms. The summed E-state index contributed by atoms with van der Waals surface area (Å²) in [6, 6.07) is 15.5. The normalized spacial score (nSPS) is 10.6. The molecule has 4 nitrogen and oxygen atoms in total. The van der Waals surface area contributed by atoms with Crippen LogP contribution in [0.15, 0.2) is 58.5 Å². The monoisotopic (exact) mass is 379 g/mol. The van der Waals surface area contributed by atoms with Gasteiger partial charge in [0.25, 0.3) is 0 Å². The average molecular weight is 380 g/mol. The summed E-state index contributed by atoms with van der Waals surface area (Å²) in [7, 11) is 1.74. The first-order chi connectivity index (χ1) is 11.7. The number of nitrogens with one attached hydrogen (secondary N) is 2. The minimum Gasteiger partial charge on any atom is -0.493 e. The second kappa shape index (κ2) is 10.2. The molecule has 7 heteroatoms. The van der Waals surface area contributed by atoms with Gasteiger partial charge >= 0.3 is 0 Å². The summed E-state index contributed by atoms with van der Waals surface area (Å²) in [4.78, 5) is 1.18. The molecule has 2 aromatic carbocycles. The van der Waals surface area contributed by atoms with Crippen LogP contribution in [0.2, 0.25) is 5.02 Å². The van der Waals surface area contributed by atoms with Crippen LogP contribution in [0.5, 0.6) is 5.75 Å². The van der Waals surface area contributed by atoms with Gasteiger partial charge in [0.2, 0.25) is 0 Å². The number of hydrogen-bond donors (Lipinski definition) is 2. The van der Waals surface area contributed by atoms with E-state index in [2.05, 4.69) is 15.8 Å². The van der Waals surface area contributed by atoms with E-state index in [0.717, 1.165) is 22.1 Å². The van der Waals surface area contributed by atoms with Crippen LogP contribution in [0.1, 0.15) is 5.56 Å². The maximum absolute atomic E-state index is 5.87. The number of hydrazone groups is 1. The first-order valence-corrected chi connectivity index (χ1v) is 9.06. The number of ether oxygens (including phenoxy) is 1. The van der Waals surface area contributed by atoms with Gasteiger partial charge in [0, 0.05) is 22.7 Å². The van der Waals surface area contributed by atoms with E-state index in [0.29, 0.717) is 11.7 Å². The zero-order valence-corrected chi connectivity index (χ0v) is 15.5. The molecule has 0 heterocycles. The third-order valence-corrected chi connectivity index (χ3v) is 4.42. The Bertz CT molecular complexity index is 692. The van der Waals surface area contributed by atoms with Crippen molar-refractivity contribution in [1.29, 1.82) is 0 Å². The Labute approximate surface area is 156 Å². The van der Waals surface area contributed by atoms with E-state index in [1.807, 2.05) is 48.5 Å². The molecule has 126 valence electrons. The fourth-order valence-electron chi connectivity index (χ4n) is 1.76. The van der Waals surface area contributed by atoms with Crippen LogP contribution in [0.25, 0.3) is 0 Å². The average Bonchev–Trinajstić information content (AvgIpc) is 2.60. The smallest absolute Gasteiger partial charge is 0.186 e. The van der Waals surface area contributed by atoms with Crippen molar-refractivity contribution in [3.05, 3.63) is 59.1 Å². The molecule has 0 bridgehead atoms. The highest BCUT2D eigenvalue weighted by molar-refractivity contribution is 7.99. The third kappa shape index (κ3) is 6.78. The molecule has 0 aliphatic heterocycles. The summed E-state index contributed by atoms with van der Waals surface area (Å²) in [5, 5.41) is 8.05. The molecule has 2 N–H and O–H groups in total. The number of benzene rings is 2. The molecule has 0 aliphatic rings. The topological polar surface area (TPSA) is 45.7 Å². The van der Waals surface area contributed by atoms with Gasteiger partial charge in [0.15, 0.2) is 5.11 Å². The van der Waals surface area contributed by atoms with Crippen LogP contribution in [0.4, 0.5) is 0 Å². The summed E-state index contributed by atoms with van der Waals surface area (Å²) in [6.07, 6.45) is 1.69. The quantitative estimate of drug-likeness (QED) is 0.251. The number of thiocarbonyl (C=S) groups is 1. The second-order valence-electron chi connectivity index (χ2n) is 4.67. The molecule has 0 atom stereocenters. The van der Waals surface area contributed by atoms with E-state index < -0.39 is 0 Å². The van der Waals surface area contributed by atoms with Crippen molar-refractivity contribution in [1.82, 2.24) is 10.7 Å². The van der Waals surface area contributed by atoms with Gasteiger partial charge < -0.3 is 10.1 Å². The van der Waals surface area contributed by atoms with Gasteiger partial charge in [-0.1, -0.05) is 23.7 Å². The standard InChI is InChI=1S/C17H18ClN3OS2/c1-19-17(23)21-20-12-13-3-2-4-15(11-13)22-9-10-24-16-7-5-14(18)6-8-16/h2-8,11-12H,9-10H2,1H3,(H2,19,21,23). The SMILES string of the molecule is CNC(=S)NN=Cc1cccc(OCCSc2ccc(Cl)cc2)c1. The van der Waals surface area contributed by atoms with Gasteiger partial charge in [-0.15, -0.1) is 11.8 Å². The Morgan fingerprint density at radius 3 is 2.83 bits per heavy atom. The number of thioether (sulfide) groups is 1. The first kappa shape index (κ1) is 18.6. The predicted molar refractivity (Wildman–Crippen MR) is 107 cm³/mol. The first-order valence-electron chi connectivity index (χ1n) is 7.29. The lowest BCUT2D eigenvalue weighted by Crippen LogP contribution is -2.28. The van der Waals surface area contributed by atoms with Crippen molar-refractivity contribution in [2.75, 3.05) is 19.4 Å². The highest BCUT2D eigenvalue weighted by atomic mass is 35.5. The molecule has 0 amide bonds. The Hall–Kier alpha value is -1.76. The number of halogens is 1. The molecule has 0 fully saturated rings. The fraction of sp³-hybridized carbons (Fsp3) is 0.176. The highest BCUT2D eigenvalue weighted by Gasteiger charge is 1.98. The molecule has 0 saturated heterocycles. The van der Waals surface area contributed by atoms with Crippen LogP contribution >= 0.6 is 35.6 Å². The van der Waals surface area contributed by atoms with Crippen LogP contribution in [0.3, 0.4) is 0 Å². The number of nitrogens with zero attached hydrogens (tertiary/aromatic N) is 1. The summed E-state index contributed by atoms with van der Waals surface area (Å²) < 4.78 is 5.77. The van der Waals surface area contributed by atoms with Gasteiger partial charge in [0.1, 0.15) is 5.75 Å². The maximum Gasteiger partial charge on any atom is 0.186 e. The zero-order chi connectivity index (χ0) is 17.2.